The molecule has 0 bridgehead atoms. The first-order chi connectivity index (χ1) is 13.1. The van der Waals surface area contributed by atoms with Crippen LogP contribution >= 0.6 is 11.6 Å². The molecular formula is C21H15ClFN3O. The number of fused-ring (bicyclic) bond motifs is 1. The maximum Gasteiger partial charge on any atom is 0.132 e. The third-order valence-electron chi connectivity index (χ3n) is 4.18. The van der Waals surface area contributed by atoms with Gasteiger partial charge >= 0.3 is 0 Å². The van der Waals surface area contributed by atoms with E-state index in [2.05, 4.69) is 9.98 Å². The van der Waals surface area contributed by atoms with Crippen molar-refractivity contribution in [3.05, 3.63) is 105 Å². The molecule has 134 valence electrons. The van der Waals surface area contributed by atoms with Crippen molar-refractivity contribution in [2.75, 3.05) is 6.54 Å². The minimum absolute atomic E-state index is 0.0759. The van der Waals surface area contributed by atoms with Gasteiger partial charge in [-0.3, -0.25) is 15.2 Å². The highest BCUT2D eigenvalue weighted by Gasteiger charge is 2.19. The zero-order valence-corrected chi connectivity index (χ0v) is 14.9. The number of rotatable bonds is 2. The third kappa shape index (κ3) is 3.60. The second kappa shape index (κ2) is 7.31. The van der Waals surface area contributed by atoms with Gasteiger partial charge in [0.05, 0.1) is 29.0 Å². The Hall–Kier alpha value is -3.02. The molecule has 1 aliphatic heterocycles. The van der Waals surface area contributed by atoms with Gasteiger partial charge in [-0.05, 0) is 48.5 Å². The maximum absolute atomic E-state index is 14.5. The van der Waals surface area contributed by atoms with E-state index in [-0.39, 0.29) is 12.1 Å². The molecule has 0 radical (unpaired) electrons. The summed E-state index contributed by atoms with van der Waals surface area (Å²) in [4.78, 5) is 8.91. The molecule has 0 spiro atoms. The van der Waals surface area contributed by atoms with Crippen LogP contribution in [0.2, 0.25) is 5.02 Å². The molecule has 0 unspecified atom stereocenters. The van der Waals surface area contributed by atoms with E-state index in [1.165, 1.54) is 6.07 Å². The van der Waals surface area contributed by atoms with Gasteiger partial charge < -0.3 is 0 Å². The van der Waals surface area contributed by atoms with Gasteiger partial charge in [-0.15, -0.1) is 0 Å². The van der Waals surface area contributed by atoms with Gasteiger partial charge in [0.15, 0.2) is 0 Å². The summed E-state index contributed by atoms with van der Waals surface area (Å²) < 4.78 is 14.5. The molecule has 0 saturated carbocycles. The van der Waals surface area contributed by atoms with Gasteiger partial charge in [0.2, 0.25) is 0 Å². The molecule has 0 saturated heterocycles. The topological polar surface area (TPSA) is 48.7 Å². The van der Waals surface area contributed by atoms with Crippen LogP contribution in [0.4, 0.5) is 4.39 Å². The van der Waals surface area contributed by atoms with E-state index in [1.807, 2.05) is 18.2 Å². The second-order valence-corrected chi connectivity index (χ2v) is 6.49. The van der Waals surface area contributed by atoms with E-state index in [9.17, 15) is 9.60 Å². The summed E-state index contributed by atoms with van der Waals surface area (Å²) in [7, 11) is 0. The Morgan fingerprint density at radius 1 is 1.07 bits per heavy atom. The Kier molecular flexibility index (Phi) is 4.71. The van der Waals surface area contributed by atoms with Crippen LogP contribution in [0.3, 0.4) is 0 Å². The minimum atomic E-state index is -0.436. The van der Waals surface area contributed by atoms with Crippen molar-refractivity contribution in [1.82, 2.24) is 10.0 Å². The molecule has 0 amide bonds. The predicted octanol–water partition coefficient (Wildman–Crippen LogP) is 3.40. The number of hydrogen-bond acceptors (Lipinski definition) is 4. The number of halogens is 2. The van der Waals surface area contributed by atoms with Gasteiger partial charge in [-0.2, -0.15) is 0 Å². The Morgan fingerprint density at radius 3 is 2.67 bits per heavy atom. The van der Waals surface area contributed by atoms with Gasteiger partial charge in [0.1, 0.15) is 5.82 Å². The average molecular weight is 380 g/mol. The van der Waals surface area contributed by atoms with Crippen molar-refractivity contribution in [3.8, 4) is 0 Å². The van der Waals surface area contributed by atoms with Gasteiger partial charge in [0.25, 0.3) is 0 Å². The summed E-state index contributed by atoms with van der Waals surface area (Å²) in [6.07, 6.45) is 3.47. The minimum Gasteiger partial charge on any atom is -0.288 e. The van der Waals surface area contributed by atoms with E-state index in [4.69, 9.17) is 11.6 Å². The second-order valence-electron chi connectivity index (χ2n) is 6.05. The molecule has 4 nitrogen and oxygen atoms in total. The lowest BCUT2D eigenvalue weighted by Gasteiger charge is -2.20. The third-order valence-corrected chi connectivity index (χ3v) is 4.41. The molecule has 27 heavy (non-hydrogen) atoms. The standard InChI is InChI=1S/C21H15ClFN3O/c22-14-8-9-20-18(11-14)21(17-6-1-2-7-19(17)23)26(27)13-16(25-20)12-15-5-3-4-10-24-15/h1-12,27H,13H2/b16-12-. The molecule has 0 atom stereocenters. The highest BCUT2D eigenvalue weighted by Crippen LogP contribution is 2.21. The lowest BCUT2D eigenvalue weighted by molar-refractivity contribution is -0.0185. The van der Waals surface area contributed by atoms with E-state index >= 15 is 0 Å². The van der Waals surface area contributed by atoms with Crippen LogP contribution in [0.1, 0.15) is 11.3 Å². The molecule has 4 rings (SSSR count). The van der Waals surface area contributed by atoms with E-state index < -0.39 is 5.82 Å². The van der Waals surface area contributed by atoms with E-state index in [0.29, 0.717) is 27.0 Å². The fraction of sp³-hybridized carbons (Fsp3) is 0.0476. The van der Waals surface area contributed by atoms with Crippen molar-refractivity contribution in [2.45, 2.75) is 0 Å². The summed E-state index contributed by atoms with van der Waals surface area (Å²) in [5.74, 6) is -0.436. The van der Waals surface area contributed by atoms with Crippen molar-refractivity contribution in [2.24, 2.45) is 4.99 Å². The molecule has 1 aliphatic rings. The zero-order chi connectivity index (χ0) is 18.8. The fourth-order valence-corrected chi connectivity index (χ4v) is 3.18. The highest BCUT2D eigenvalue weighted by atomic mass is 35.5. The van der Waals surface area contributed by atoms with E-state index in [0.717, 1.165) is 10.8 Å². The lowest BCUT2D eigenvalue weighted by atomic mass is 10.1. The zero-order valence-electron chi connectivity index (χ0n) is 14.2. The first kappa shape index (κ1) is 17.4. The normalized spacial score (nSPS) is 15.3. The Morgan fingerprint density at radius 2 is 1.89 bits per heavy atom. The Labute approximate surface area is 160 Å². The lowest BCUT2D eigenvalue weighted by Crippen LogP contribution is -2.32. The first-order valence-corrected chi connectivity index (χ1v) is 8.71. The molecule has 1 N–H and O–H groups in total. The van der Waals surface area contributed by atoms with Crippen molar-refractivity contribution in [3.63, 3.8) is 0 Å². The highest BCUT2D eigenvalue weighted by molar-refractivity contribution is 6.30. The number of hydrogen-bond donors (Lipinski definition) is 1. The van der Waals surface area contributed by atoms with Crippen molar-refractivity contribution in [1.29, 1.82) is 0 Å². The molecule has 2 heterocycles. The summed E-state index contributed by atoms with van der Waals surface area (Å²) in [5.41, 5.74) is 1.90. The van der Waals surface area contributed by atoms with Crippen LogP contribution in [0.25, 0.3) is 11.8 Å². The van der Waals surface area contributed by atoms with Crippen LogP contribution in [0.5, 0.6) is 0 Å². The van der Waals surface area contributed by atoms with Crippen LogP contribution < -0.4 is 10.6 Å². The van der Waals surface area contributed by atoms with Crippen LogP contribution in [-0.4, -0.2) is 21.8 Å². The SMILES string of the molecule is ON1C/C(=C/c2ccccn2)N=c2ccc(Cl)cc2=C1c1ccccc1F. The molecule has 0 aliphatic carbocycles. The Balaban J connectivity index is 1.99. The van der Waals surface area contributed by atoms with Gasteiger partial charge in [-0.1, -0.05) is 29.8 Å². The molecule has 6 heteroatoms. The Bertz CT molecular complexity index is 1150. The summed E-state index contributed by atoms with van der Waals surface area (Å²) in [5, 5.41) is 13.4. The number of benzene rings is 2. The molecule has 2 aromatic carbocycles. The van der Waals surface area contributed by atoms with Crippen LogP contribution in [0.15, 0.2) is 77.5 Å². The number of hydroxylamine groups is 2. The van der Waals surface area contributed by atoms with Crippen LogP contribution in [-0.2, 0) is 0 Å². The monoisotopic (exact) mass is 379 g/mol. The predicted molar refractivity (Wildman–Crippen MR) is 102 cm³/mol. The molecule has 0 fully saturated rings. The summed E-state index contributed by atoms with van der Waals surface area (Å²) in [6, 6.07) is 17.0. The number of nitrogens with zero attached hydrogens (tertiary/aromatic N) is 3. The molecule has 3 aromatic rings. The molecular weight excluding hydrogens is 365 g/mol. The van der Waals surface area contributed by atoms with Crippen molar-refractivity contribution < 1.29 is 9.60 Å². The maximum atomic E-state index is 14.5. The van der Waals surface area contributed by atoms with Crippen molar-refractivity contribution >= 4 is 23.4 Å². The van der Waals surface area contributed by atoms with E-state index in [1.54, 1.807) is 48.7 Å². The summed E-state index contributed by atoms with van der Waals surface area (Å²) >= 11 is 6.16. The smallest absolute Gasteiger partial charge is 0.132 e. The summed E-state index contributed by atoms with van der Waals surface area (Å²) in [6.45, 7) is 0.0759. The first-order valence-electron chi connectivity index (χ1n) is 8.33. The number of pyridine rings is 1. The average Bonchev–Trinajstić information content (AvgIpc) is 2.78. The van der Waals surface area contributed by atoms with Gasteiger partial charge in [0, 0.05) is 22.0 Å². The largest absolute Gasteiger partial charge is 0.288 e. The van der Waals surface area contributed by atoms with Gasteiger partial charge in [-0.25, -0.2) is 9.45 Å². The fourth-order valence-electron chi connectivity index (χ4n) is 3.00. The van der Waals surface area contributed by atoms with Crippen LogP contribution in [0, 0.1) is 5.82 Å². The number of aromatic nitrogens is 1. The quantitative estimate of drug-likeness (QED) is 0.742. The molecule has 1 aromatic heterocycles.